The highest BCUT2D eigenvalue weighted by molar-refractivity contribution is 6.20. The molecule has 0 unspecified atom stereocenters. The van der Waals surface area contributed by atoms with E-state index in [1.54, 1.807) is 0 Å². The van der Waals surface area contributed by atoms with Crippen molar-refractivity contribution in [1.82, 2.24) is 0 Å². The van der Waals surface area contributed by atoms with Crippen molar-refractivity contribution >= 4 is 12.2 Å². The lowest BCUT2D eigenvalue weighted by molar-refractivity contribution is -0.137. The van der Waals surface area contributed by atoms with Gasteiger partial charge in [-0.3, -0.25) is 0 Å². The third-order valence-electron chi connectivity index (χ3n) is 0.752. The largest absolute Gasteiger partial charge is 0.444 e. The Bertz CT molecular complexity index is 231. The molecule has 0 N–H and O–H groups in total. The number of rotatable bonds is 2. The Kier molecular flexibility index (Phi) is 5.59. The molecule has 0 aromatic carbocycles. The van der Waals surface area contributed by atoms with E-state index in [9.17, 15) is 4.79 Å². The van der Waals surface area contributed by atoms with Crippen molar-refractivity contribution in [3.8, 4) is 11.8 Å². The van der Waals surface area contributed by atoms with E-state index in [1.165, 1.54) is 0 Å². The summed E-state index contributed by atoms with van der Waals surface area (Å²) >= 11 is 0. The molecule has 0 spiro atoms. The van der Waals surface area contributed by atoms with Crippen LogP contribution in [0.2, 0.25) is 0 Å². The second-order valence-corrected chi connectivity index (χ2v) is 1.56. The van der Waals surface area contributed by atoms with Crippen LogP contribution in [-0.2, 0) is 9.53 Å². The van der Waals surface area contributed by atoms with E-state index in [1.807, 2.05) is 6.92 Å². The molecule has 0 amide bonds. The Balaban J connectivity index is 3.54. The first-order valence-corrected chi connectivity index (χ1v) is 3.11. The lowest BCUT2D eigenvalue weighted by atomic mass is 10.5. The first-order valence-electron chi connectivity index (χ1n) is 3.11. The molecule has 0 atom stereocenters. The van der Waals surface area contributed by atoms with Crippen molar-refractivity contribution in [2.45, 2.75) is 13.3 Å². The van der Waals surface area contributed by atoms with Crippen molar-refractivity contribution in [3.63, 3.8) is 0 Å². The summed E-state index contributed by atoms with van der Waals surface area (Å²) in [6.45, 7) is 1.93. The predicted octanol–water partition coefficient (Wildman–Crippen LogP) is 0.244. The van der Waals surface area contributed by atoms with Gasteiger partial charge in [0.1, 0.15) is 0 Å². The summed E-state index contributed by atoms with van der Waals surface area (Å²) in [5, 5.41) is 0. The van der Waals surface area contributed by atoms with Crippen LogP contribution in [0, 0.1) is 11.8 Å². The van der Waals surface area contributed by atoms with Gasteiger partial charge in [-0.25, -0.2) is 4.79 Å². The first-order chi connectivity index (χ1) is 5.31. The van der Waals surface area contributed by atoms with E-state index in [0.717, 1.165) is 6.42 Å². The second kappa shape index (κ2) is 6.53. The minimum Gasteiger partial charge on any atom is -0.444 e. The molecule has 0 saturated heterocycles. The number of ether oxygens (including phenoxy) is 1. The number of hydrogen-bond acceptors (Lipinski definition) is 2. The third-order valence-corrected chi connectivity index (χ3v) is 0.752. The molecule has 0 rings (SSSR count). The SMILES string of the molecule is CCC#CCOC(=O)C=[N+]=[N-]. The molecule has 0 saturated carbocycles. The highest BCUT2D eigenvalue weighted by Gasteiger charge is 1.99. The molecule has 0 aromatic rings. The van der Waals surface area contributed by atoms with Crippen LogP contribution in [0.4, 0.5) is 0 Å². The molecule has 0 bridgehead atoms. The van der Waals surface area contributed by atoms with Crippen LogP contribution in [0.25, 0.3) is 5.53 Å². The standard InChI is InChI=1S/C7H8N2O2/c1-2-3-4-5-11-7(10)6-9-8/h6H,2,5H2,1H3. The first kappa shape index (κ1) is 9.41. The number of hydrogen-bond donors (Lipinski definition) is 0. The molecule has 0 radical (unpaired) electrons. The van der Waals surface area contributed by atoms with Crippen molar-refractivity contribution in [3.05, 3.63) is 5.53 Å². The Morgan fingerprint density at radius 1 is 1.73 bits per heavy atom. The van der Waals surface area contributed by atoms with Gasteiger partial charge in [-0.05, 0) is 0 Å². The molecular weight excluding hydrogens is 144 g/mol. The van der Waals surface area contributed by atoms with Crippen LogP contribution in [0.5, 0.6) is 0 Å². The van der Waals surface area contributed by atoms with E-state index in [-0.39, 0.29) is 6.61 Å². The number of carbonyl (C=O) groups excluding carboxylic acids is 1. The molecule has 0 heterocycles. The molecule has 0 aromatic heterocycles. The molecule has 4 nitrogen and oxygen atoms in total. The van der Waals surface area contributed by atoms with Gasteiger partial charge < -0.3 is 10.3 Å². The molecular formula is C7H8N2O2. The van der Waals surface area contributed by atoms with Crippen LogP contribution < -0.4 is 0 Å². The minimum atomic E-state index is -0.696. The number of carbonyl (C=O) groups is 1. The Labute approximate surface area is 64.8 Å². The zero-order valence-electron chi connectivity index (χ0n) is 6.20. The van der Waals surface area contributed by atoms with Crippen LogP contribution in [0.1, 0.15) is 13.3 Å². The monoisotopic (exact) mass is 152 g/mol. The van der Waals surface area contributed by atoms with E-state index in [4.69, 9.17) is 5.53 Å². The zero-order chi connectivity index (χ0) is 8.53. The number of esters is 1. The van der Waals surface area contributed by atoms with Gasteiger partial charge in [0, 0.05) is 6.42 Å². The van der Waals surface area contributed by atoms with Gasteiger partial charge in [-0.1, -0.05) is 12.8 Å². The van der Waals surface area contributed by atoms with Gasteiger partial charge in [-0.15, -0.1) is 5.92 Å². The van der Waals surface area contributed by atoms with Crippen molar-refractivity contribution < 1.29 is 14.3 Å². The second-order valence-electron chi connectivity index (χ2n) is 1.56. The average molecular weight is 152 g/mol. The van der Waals surface area contributed by atoms with Gasteiger partial charge in [0.2, 0.25) is 0 Å². The maximum atomic E-state index is 10.4. The van der Waals surface area contributed by atoms with E-state index < -0.39 is 5.97 Å². The van der Waals surface area contributed by atoms with Gasteiger partial charge in [0.15, 0.2) is 6.61 Å². The van der Waals surface area contributed by atoms with Crippen LogP contribution in [0.15, 0.2) is 0 Å². The summed E-state index contributed by atoms with van der Waals surface area (Å²) in [5.74, 6) is 4.60. The summed E-state index contributed by atoms with van der Waals surface area (Å²) in [6.07, 6.45) is 1.40. The third kappa shape index (κ3) is 6.29. The summed E-state index contributed by atoms with van der Waals surface area (Å²) in [4.78, 5) is 12.9. The number of nitrogens with zero attached hydrogens (tertiary/aromatic N) is 2. The van der Waals surface area contributed by atoms with Gasteiger partial charge in [0.25, 0.3) is 0 Å². The summed E-state index contributed by atoms with van der Waals surface area (Å²) in [5.41, 5.74) is 7.87. The van der Waals surface area contributed by atoms with Gasteiger partial charge >= 0.3 is 12.2 Å². The Morgan fingerprint density at radius 2 is 2.45 bits per heavy atom. The Morgan fingerprint density at radius 3 is 3.00 bits per heavy atom. The van der Waals surface area contributed by atoms with Crippen molar-refractivity contribution in [2.24, 2.45) is 0 Å². The maximum absolute atomic E-state index is 10.4. The summed E-state index contributed by atoms with van der Waals surface area (Å²) < 4.78 is 4.46. The zero-order valence-corrected chi connectivity index (χ0v) is 6.20. The van der Waals surface area contributed by atoms with E-state index in [0.29, 0.717) is 6.21 Å². The molecule has 4 heteroatoms. The summed E-state index contributed by atoms with van der Waals surface area (Å²) in [6, 6.07) is 0. The molecule has 11 heavy (non-hydrogen) atoms. The lowest BCUT2D eigenvalue weighted by Crippen LogP contribution is -2.05. The van der Waals surface area contributed by atoms with E-state index >= 15 is 0 Å². The molecule has 0 aliphatic carbocycles. The fourth-order valence-corrected chi connectivity index (χ4v) is 0.368. The van der Waals surface area contributed by atoms with Crippen LogP contribution in [-0.4, -0.2) is 23.6 Å². The highest BCUT2D eigenvalue weighted by Crippen LogP contribution is 1.73. The highest BCUT2D eigenvalue weighted by atomic mass is 16.5. The lowest BCUT2D eigenvalue weighted by Gasteiger charge is -1.87. The molecule has 0 aliphatic heterocycles. The van der Waals surface area contributed by atoms with Gasteiger partial charge in [0.05, 0.1) is 0 Å². The molecule has 0 aliphatic rings. The normalized spacial score (nSPS) is 7.00. The summed E-state index contributed by atoms with van der Waals surface area (Å²) in [7, 11) is 0. The van der Waals surface area contributed by atoms with Gasteiger partial charge in [-0.2, -0.15) is 4.79 Å². The van der Waals surface area contributed by atoms with Crippen LogP contribution in [0.3, 0.4) is 0 Å². The van der Waals surface area contributed by atoms with Crippen molar-refractivity contribution in [2.75, 3.05) is 6.61 Å². The molecule has 0 fully saturated rings. The fraction of sp³-hybridized carbons (Fsp3) is 0.429. The average Bonchev–Trinajstić information content (AvgIpc) is 1.99. The molecule has 58 valence electrons. The topological polar surface area (TPSA) is 62.7 Å². The Hall–Kier alpha value is -1.59. The van der Waals surface area contributed by atoms with Crippen molar-refractivity contribution in [1.29, 1.82) is 0 Å². The van der Waals surface area contributed by atoms with E-state index in [2.05, 4.69) is 21.4 Å². The maximum Gasteiger partial charge on any atom is 0.414 e. The predicted molar refractivity (Wildman–Crippen MR) is 38.7 cm³/mol. The fourth-order valence-electron chi connectivity index (χ4n) is 0.368. The van der Waals surface area contributed by atoms with Crippen LogP contribution >= 0.6 is 0 Å². The quantitative estimate of drug-likeness (QED) is 0.187. The smallest absolute Gasteiger partial charge is 0.414 e. The minimum absolute atomic E-state index is 0.0404.